The zero-order valence-electron chi connectivity index (χ0n) is 10.5. The molecule has 86 valence electrons. The molecule has 0 aromatic rings. The Bertz CT molecular complexity index is 127. The first-order valence-corrected chi connectivity index (χ1v) is 5.52. The third-order valence-corrected chi connectivity index (χ3v) is 1.92. The Balaban J connectivity index is 3.07. The van der Waals surface area contributed by atoms with E-state index in [-0.39, 0.29) is 5.54 Å². The highest BCUT2D eigenvalue weighted by Gasteiger charge is 2.06. The van der Waals surface area contributed by atoms with Crippen LogP contribution in [0.4, 0.5) is 0 Å². The van der Waals surface area contributed by atoms with E-state index >= 15 is 0 Å². The molecule has 0 fully saturated rings. The molecule has 0 saturated heterocycles. The van der Waals surface area contributed by atoms with E-state index in [1.165, 1.54) is 6.42 Å². The van der Waals surface area contributed by atoms with Gasteiger partial charge in [0.05, 0.1) is 0 Å². The second-order valence-electron chi connectivity index (χ2n) is 5.08. The summed E-state index contributed by atoms with van der Waals surface area (Å²) in [5.41, 5.74) is 0.254. The minimum Gasteiger partial charge on any atom is -0.315 e. The molecule has 0 aliphatic rings. The summed E-state index contributed by atoms with van der Waals surface area (Å²) in [7, 11) is 4.20. The molecule has 0 atom stereocenters. The van der Waals surface area contributed by atoms with Crippen molar-refractivity contribution in [2.45, 2.75) is 32.7 Å². The van der Waals surface area contributed by atoms with Gasteiger partial charge >= 0.3 is 0 Å². The average molecular weight is 201 g/mol. The topological polar surface area (TPSA) is 27.3 Å². The molecule has 0 rings (SSSR count). The highest BCUT2D eigenvalue weighted by molar-refractivity contribution is 4.69. The number of nitrogens with one attached hydrogen (secondary N) is 2. The van der Waals surface area contributed by atoms with Gasteiger partial charge < -0.3 is 15.5 Å². The summed E-state index contributed by atoms with van der Waals surface area (Å²) in [6, 6.07) is 0. The Morgan fingerprint density at radius 1 is 1.00 bits per heavy atom. The molecule has 0 saturated carbocycles. The van der Waals surface area contributed by atoms with E-state index in [1.807, 2.05) is 0 Å². The third-order valence-electron chi connectivity index (χ3n) is 1.92. The van der Waals surface area contributed by atoms with Crippen LogP contribution < -0.4 is 10.6 Å². The SMILES string of the molecule is CN(C)CCNCCCNC(C)(C)C. The smallest absolute Gasteiger partial charge is 0.0101 e. The van der Waals surface area contributed by atoms with Crippen molar-refractivity contribution in [1.82, 2.24) is 15.5 Å². The van der Waals surface area contributed by atoms with Crippen LogP contribution >= 0.6 is 0 Å². The van der Waals surface area contributed by atoms with Crippen LogP contribution in [0.1, 0.15) is 27.2 Å². The van der Waals surface area contributed by atoms with E-state index in [9.17, 15) is 0 Å². The monoisotopic (exact) mass is 201 g/mol. The lowest BCUT2D eigenvalue weighted by atomic mass is 10.1. The van der Waals surface area contributed by atoms with Crippen LogP contribution in [0.15, 0.2) is 0 Å². The van der Waals surface area contributed by atoms with Gasteiger partial charge in [-0.1, -0.05) is 0 Å². The molecule has 3 heteroatoms. The van der Waals surface area contributed by atoms with Crippen LogP contribution in [-0.4, -0.2) is 50.7 Å². The van der Waals surface area contributed by atoms with E-state index in [4.69, 9.17) is 0 Å². The molecular formula is C11H27N3. The fraction of sp³-hybridized carbons (Fsp3) is 1.00. The molecule has 0 radical (unpaired) electrons. The Kier molecular flexibility index (Phi) is 7.15. The van der Waals surface area contributed by atoms with Crippen LogP contribution in [0.25, 0.3) is 0 Å². The number of hydrogen-bond donors (Lipinski definition) is 2. The summed E-state index contributed by atoms with van der Waals surface area (Å²) in [5, 5.41) is 6.89. The molecule has 0 aliphatic carbocycles. The maximum Gasteiger partial charge on any atom is 0.0101 e. The predicted octanol–water partition coefficient (Wildman–Crippen LogP) is 0.916. The molecule has 0 amide bonds. The van der Waals surface area contributed by atoms with Gasteiger partial charge in [-0.15, -0.1) is 0 Å². The Morgan fingerprint density at radius 2 is 1.64 bits per heavy atom. The summed E-state index contributed by atoms with van der Waals surface area (Å²) in [5.74, 6) is 0. The zero-order valence-corrected chi connectivity index (χ0v) is 10.5. The maximum absolute atomic E-state index is 3.47. The van der Waals surface area contributed by atoms with Gasteiger partial charge in [0, 0.05) is 18.6 Å². The molecule has 3 nitrogen and oxygen atoms in total. The van der Waals surface area contributed by atoms with Crippen LogP contribution in [0.3, 0.4) is 0 Å². The molecule has 0 unspecified atom stereocenters. The van der Waals surface area contributed by atoms with Gasteiger partial charge in [-0.3, -0.25) is 0 Å². The minimum absolute atomic E-state index is 0.254. The lowest BCUT2D eigenvalue weighted by molar-refractivity contribution is 0.391. The predicted molar refractivity (Wildman–Crippen MR) is 63.8 cm³/mol. The number of rotatable bonds is 7. The van der Waals surface area contributed by atoms with E-state index in [0.717, 1.165) is 26.2 Å². The van der Waals surface area contributed by atoms with Gasteiger partial charge in [0.25, 0.3) is 0 Å². The maximum atomic E-state index is 3.47. The standard InChI is InChI=1S/C11H27N3/c1-11(2,3)13-8-6-7-12-9-10-14(4)5/h12-13H,6-10H2,1-5H3. The lowest BCUT2D eigenvalue weighted by Gasteiger charge is -2.20. The first-order chi connectivity index (χ1) is 6.42. The summed E-state index contributed by atoms with van der Waals surface area (Å²) in [4.78, 5) is 2.19. The van der Waals surface area contributed by atoms with E-state index in [2.05, 4.69) is 50.4 Å². The van der Waals surface area contributed by atoms with Gasteiger partial charge in [0.15, 0.2) is 0 Å². The average Bonchev–Trinajstić information content (AvgIpc) is 2.00. The Labute approximate surface area is 89.2 Å². The van der Waals surface area contributed by atoms with Crippen molar-refractivity contribution >= 4 is 0 Å². The van der Waals surface area contributed by atoms with Crippen molar-refractivity contribution in [2.24, 2.45) is 0 Å². The molecular weight excluding hydrogens is 174 g/mol. The van der Waals surface area contributed by atoms with E-state index < -0.39 is 0 Å². The van der Waals surface area contributed by atoms with Crippen molar-refractivity contribution in [3.8, 4) is 0 Å². The van der Waals surface area contributed by atoms with Crippen LogP contribution in [-0.2, 0) is 0 Å². The first-order valence-electron chi connectivity index (χ1n) is 5.52. The largest absolute Gasteiger partial charge is 0.315 e. The molecule has 0 aromatic heterocycles. The van der Waals surface area contributed by atoms with Crippen LogP contribution in [0.5, 0.6) is 0 Å². The quantitative estimate of drug-likeness (QED) is 0.600. The highest BCUT2D eigenvalue weighted by atomic mass is 15.1. The van der Waals surface area contributed by atoms with E-state index in [1.54, 1.807) is 0 Å². The van der Waals surface area contributed by atoms with Gasteiger partial charge in [-0.05, 0) is 54.4 Å². The summed E-state index contributed by atoms with van der Waals surface area (Å²) in [6.07, 6.45) is 1.20. The minimum atomic E-state index is 0.254. The fourth-order valence-corrected chi connectivity index (χ4v) is 1.10. The molecule has 14 heavy (non-hydrogen) atoms. The molecule has 0 spiro atoms. The normalized spacial score (nSPS) is 12.4. The third kappa shape index (κ3) is 11.9. The molecule has 0 aliphatic heterocycles. The number of hydrogen-bond acceptors (Lipinski definition) is 3. The number of likely N-dealkylation sites (N-methyl/N-ethyl adjacent to an activating group) is 1. The summed E-state index contributed by atoms with van der Waals surface area (Å²) in [6.45, 7) is 11.0. The summed E-state index contributed by atoms with van der Waals surface area (Å²) >= 11 is 0. The van der Waals surface area contributed by atoms with Crippen LogP contribution in [0.2, 0.25) is 0 Å². The molecule has 0 heterocycles. The molecule has 0 aromatic carbocycles. The Hall–Kier alpha value is -0.120. The molecule has 2 N–H and O–H groups in total. The van der Waals surface area contributed by atoms with Crippen LogP contribution in [0, 0.1) is 0 Å². The zero-order chi connectivity index (χ0) is 11.0. The lowest BCUT2D eigenvalue weighted by Crippen LogP contribution is -2.37. The Morgan fingerprint density at radius 3 is 2.14 bits per heavy atom. The van der Waals surface area contributed by atoms with Crippen molar-refractivity contribution in [3.05, 3.63) is 0 Å². The number of nitrogens with zero attached hydrogens (tertiary/aromatic N) is 1. The van der Waals surface area contributed by atoms with Gasteiger partial charge in [0.1, 0.15) is 0 Å². The van der Waals surface area contributed by atoms with Crippen molar-refractivity contribution in [2.75, 3.05) is 40.3 Å². The highest BCUT2D eigenvalue weighted by Crippen LogP contribution is 1.97. The van der Waals surface area contributed by atoms with Crippen molar-refractivity contribution in [1.29, 1.82) is 0 Å². The van der Waals surface area contributed by atoms with E-state index in [0.29, 0.717) is 0 Å². The van der Waals surface area contributed by atoms with Gasteiger partial charge in [0.2, 0.25) is 0 Å². The van der Waals surface area contributed by atoms with Gasteiger partial charge in [-0.25, -0.2) is 0 Å². The first kappa shape index (κ1) is 13.9. The fourth-order valence-electron chi connectivity index (χ4n) is 1.10. The van der Waals surface area contributed by atoms with Gasteiger partial charge in [-0.2, -0.15) is 0 Å². The van der Waals surface area contributed by atoms with Crippen molar-refractivity contribution < 1.29 is 0 Å². The summed E-state index contributed by atoms with van der Waals surface area (Å²) < 4.78 is 0. The molecule has 0 bridgehead atoms. The second kappa shape index (κ2) is 7.21. The second-order valence-corrected chi connectivity index (χ2v) is 5.08. The van der Waals surface area contributed by atoms with Crippen molar-refractivity contribution in [3.63, 3.8) is 0 Å².